The molecule has 1 rings (SSSR count). The van der Waals surface area contributed by atoms with Crippen molar-refractivity contribution >= 4 is 11.6 Å². The highest BCUT2D eigenvalue weighted by Gasteiger charge is 2.11. The van der Waals surface area contributed by atoms with E-state index in [1.54, 1.807) is 6.20 Å². The molecule has 0 saturated carbocycles. The van der Waals surface area contributed by atoms with E-state index in [2.05, 4.69) is 18.9 Å². The lowest BCUT2D eigenvalue weighted by atomic mass is 10.1. The topological polar surface area (TPSA) is 38.1 Å². The first-order chi connectivity index (χ1) is 7.69. The molecule has 1 aromatic heterocycles. The predicted octanol–water partition coefficient (Wildman–Crippen LogP) is 3.04. The third-order valence-electron chi connectivity index (χ3n) is 2.67. The normalized spacial score (nSPS) is 13.0. The molecule has 1 N–H and O–H groups in total. The van der Waals surface area contributed by atoms with Crippen LogP contribution in [-0.2, 0) is 13.0 Å². The summed E-state index contributed by atoms with van der Waals surface area (Å²) in [5.41, 5.74) is 1.05. The van der Waals surface area contributed by atoms with Gasteiger partial charge in [0.15, 0.2) is 0 Å². The van der Waals surface area contributed by atoms with Crippen LogP contribution in [0.5, 0.6) is 0 Å². The van der Waals surface area contributed by atoms with Crippen molar-refractivity contribution in [2.75, 3.05) is 0 Å². The number of aliphatic hydroxyl groups is 1. The molecule has 0 aliphatic heterocycles. The van der Waals surface area contributed by atoms with E-state index in [1.807, 2.05) is 4.68 Å². The Morgan fingerprint density at radius 1 is 1.38 bits per heavy atom. The summed E-state index contributed by atoms with van der Waals surface area (Å²) in [5.74, 6) is 0. The minimum atomic E-state index is -0.217. The van der Waals surface area contributed by atoms with Crippen molar-refractivity contribution in [3.8, 4) is 0 Å². The molecule has 0 aromatic carbocycles. The number of aryl methyl sites for hydroxylation is 1. The molecule has 0 saturated heterocycles. The summed E-state index contributed by atoms with van der Waals surface area (Å²) in [6.07, 6.45) is 5.97. The Balaban J connectivity index is 2.54. The standard InChI is InChI=1S/C12H21ClN2O/c1-3-5-10(16)6-7-12-11(13)9-14-15(12)8-4-2/h9-10,16H,3-8H2,1-2H3. The maximum atomic E-state index is 9.69. The van der Waals surface area contributed by atoms with Gasteiger partial charge in [0.2, 0.25) is 0 Å². The second-order valence-corrected chi connectivity index (χ2v) is 4.55. The van der Waals surface area contributed by atoms with Crippen molar-refractivity contribution in [3.05, 3.63) is 16.9 Å². The number of halogens is 1. The van der Waals surface area contributed by atoms with Crippen LogP contribution in [0, 0.1) is 0 Å². The first-order valence-corrected chi connectivity index (χ1v) is 6.45. The van der Waals surface area contributed by atoms with Crippen molar-refractivity contribution in [1.29, 1.82) is 0 Å². The zero-order chi connectivity index (χ0) is 12.0. The smallest absolute Gasteiger partial charge is 0.0817 e. The third-order valence-corrected chi connectivity index (χ3v) is 2.99. The van der Waals surface area contributed by atoms with Gasteiger partial charge in [-0.3, -0.25) is 4.68 Å². The van der Waals surface area contributed by atoms with Crippen LogP contribution in [0.2, 0.25) is 5.02 Å². The van der Waals surface area contributed by atoms with Crippen molar-refractivity contribution in [1.82, 2.24) is 9.78 Å². The number of aromatic nitrogens is 2. The molecule has 0 fully saturated rings. The van der Waals surface area contributed by atoms with E-state index in [0.29, 0.717) is 0 Å². The Morgan fingerprint density at radius 3 is 2.75 bits per heavy atom. The van der Waals surface area contributed by atoms with E-state index < -0.39 is 0 Å². The minimum absolute atomic E-state index is 0.217. The van der Waals surface area contributed by atoms with E-state index in [9.17, 15) is 5.11 Å². The Hall–Kier alpha value is -0.540. The first-order valence-electron chi connectivity index (χ1n) is 6.07. The van der Waals surface area contributed by atoms with Gasteiger partial charge in [0.05, 0.1) is 23.0 Å². The average Bonchev–Trinajstić information content (AvgIpc) is 2.58. The number of aliphatic hydroxyl groups excluding tert-OH is 1. The van der Waals surface area contributed by atoms with Crippen molar-refractivity contribution in [3.63, 3.8) is 0 Å². The Morgan fingerprint density at radius 2 is 2.12 bits per heavy atom. The molecule has 4 heteroatoms. The first kappa shape index (κ1) is 13.5. The number of nitrogens with zero attached hydrogens (tertiary/aromatic N) is 2. The lowest BCUT2D eigenvalue weighted by Gasteiger charge is -2.10. The summed E-state index contributed by atoms with van der Waals surface area (Å²) in [6.45, 7) is 5.09. The fourth-order valence-electron chi connectivity index (χ4n) is 1.82. The van der Waals surface area contributed by atoms with Gasteiger partial charge in [-0.1, -0.05) is 31.9 Å². The van der Waals surface area contributed by atoms with Gasteiger partial charge in [-0.2, -0.15) is 5.10 Å². The van der Waals surface area contributed by atoms with E-state index in [1.165, 1.54) is 0 Å². The van der Waals surface area contributed by atoms with E-state index >= 15 is 0 Å². The molecule has 16 heavy (non-hydrogen) atoms. The molecule has 0 radical (unpaired) electrons. The highest BCUT2D eigenvalue weighted by Crippen LogP contribution is 2.18. The van der Waals surface area contributed by atoms with E-state index in [4.69, 9.17) is 11.6 Å². The molecule has 0 amide bonds. The predicted molar refractivity (Wildman–Crippen MR) is 66.8 cm³/mol. The summed E-state index contributed by atoms with van der Waals surface area (Å²) in [6, 6.07) is 0. The maximum absolute atomic E-state index is 9.69. The molecular formula is C12H21ClN2O. The zero-order valence-electron chi connectivity index (χ0n) is 10.1. The van der Waals surface area contributed by atoms with Gasteiger partial charge in [-0.15, -0.1) is 0 Å². The molecule has 92 valence electrons. The molecule has 0 aliphatic rings. The van der Waals surface area contributed by atoms with Crippen LogP contribution in [0.3, 0.4) is 0 Å². The van der Waals surface area contributed by atoms with Gasteiger partial charge >= 0.3 is 0 Å². The maximum Gasteiger partial charge on any atom is 0.0817 e. The van der Waals surface area contributed by atoms with Crippen LogP contribution < -0.4 is 0 Å². The largest absolute Gasteiger partial charge is 0.393 e. The zero-order valence-corrected chi connectivity index (χ0v) is 10.9. The summed E-state index contributed by atoms with van der Waals surface area (Å²) in [7, 11) is 0. The van der Waals surface area contributed by atoms with Crippen LogP contribution in [0.25, 0.3) is 0 Å². The van der Waals surface area contributed by atoms with E-state index in [0.717, 1.165) is 49.4 Å². The van der Waals surface area contributed by atoms with Crippen LogP contribution in [0.15, 0.2) is 6.20 Å². The molecule has 1 heterocycles. The van der Waals surface area contributed by atoms with E-state index in [-0.39, 0.29) is 6.10 Å². The Kier molecular flexibility index (Phi) is 5.85. The molecule has 1 unspecified atom stereocenters. The van der Waals surface area contributed by atoms with Gasteiger partial charge in [0, 0.05) is 6.54 Å². The average molecular weight is 245 g/mol. The highest BCUT2D eigenvalue weighted by atomic mass is 35.5. The number of hydrogen-bond acceptors (Lipinski definition) is 2. The fraction of sp³-hybridized carbons (Fsp3) is 0.750. The van der Waals surface area contributed by atoms with Crippen molar-refractivity contribution in [2.24, 2.45) is 0 Å². The highest BCUT2D eigenvalue weighted by molar-refractivity contribution is 6.31. The summed E-state index contributed by atoms with van der Waals surface area (Å²) in [5, 5.41) is 14.6. The second kappa shape index (κ2) is 6.92. The van der Waals surface area contributed by atoms with Crippen LogP contribution in [0.4, 0.5) is 0 Å². The molecule has 0 aliphatic carbocycles. The van der Waals surface area contributed by atoms with Gasteiger partial charge in [0.1, 0.15) is 0 Å². The molecule has 3 nitrogen and oxygen atoms in total. The molecule has 1 atom stereocenters. The van der Waals surface area contributed by atoms with Crippen LogP contribution >= 0.6 is 11.6 Å². The molecule has 1 aromatic rings. The third kappa shape index (κ3) is 3.80. The molecule has 0 bridgehead atoms. The van der Waals surface area contributed by atoms with Gasteiger partial charge in [-0.05, 0) is 25.7 Å². The van der Waals surface area contributed by atoms with Gasteiger partial charge in [0.25, 0.3) is 0 Å². The van der Waals surface area contributed by atoms with Crippen LogP contribution in [-0.4, -0.2) is 21.0 Å². The lowest BCUT2D eigenvalue weighted by molar-refractivity contribution is 0.153. The quantitative estimate of drug-likeness (QED) is 0.801. The molecule has 0 spiro atoms. The Labute approximate surface area is 102 Å². The summed E-state index contributed by atoms with van der Waals surface area (Å²) in [4.78, 5) is 0. The fourth-order valence-corrected chi connectivity index (χ4v) is 2.06. The monoisotopic (exact) mass is 244 g/mol. The lowest BCUT2D eigenvalue weighted by Crippen LogP contribution is -2.11. The SMILES string of the molecule is CCCC(O)CCc1c(Cl)cnn1CCC. The number of hydrogen-bond donors (Lipinski definition) is 1. The van der Waals surface area contributed by atoms with Crippen molar-refractivity contribution in [2.45, 2.75) is 58.6 Å². The van der Waals surface area contributed by atoms with Crippen molar-refractivity contribution < 1.29 is 5.11 Å². The van der Waals surface area contributed by atoms with Gasteiger partial charge < -0.3 is 5.11 Å². The summed E-state index contributed by atoms with van der Waals surface area (Å²) < 4.78 is 1.95. The van der Waals surface area contributed by atoms with Gasteiger partial charge in [-0.25, -0.2) is 0 Å². The molecular weight excluding hydrogens is 224 g/mol. The number of rotatable bonds is 7. The van der Waals surface area contributed by atoms with Crippen LogP contribution in [0.1, 0.15) is 45.2 Å². The minimum Gasteiger partial charge on any atom is -0.393 e. The Bertz CT molecular complexity index is 312. The second-order valence-electron chi connectivity index (χ2n) is 4.14. The summed E-state index contributed by atoms with van der Waals surface area (Å²) >= 11 is 6.08.